The maximum atomic E-state index is 10.5. The number of likely N-dealkylation sites (N-methyl/N-ethyl adjacent to an activating group) is 2. The van der Waals surface area contributed by atoms with E-state index in [2.05, 4.69) is 42.3 Å². The minimum Gasteiger partial charge on any atom is -0.457 e. The van der Waals surface area contributed by atoms with Crippen LogP contribution >= 0.6 is 12.4 Å². The molecule has 0 aliphatic rings. The highest BCUT2D eigenvalue weighted by molar-refractivity contribution is 5.85. The molecule has 0 aromatic heterocycles. The van der Waals surface area contributed by atoms with Crippen LogP contribution in [0.4, 0.5) is 0 Å². The molecule has 5 nitrogen and oxygen atoms in total. The minimum absolute atomic E-state index is 0. The summed E-state index contributed by atoms with van der Waals surface area (Å²) in [5.41, 5.74) is 0. The Bertz CT molecular complexity index is 248. The lowest BCUT2D eigenvalue weighted by molar-refractivity contribution is -0.873. The van der Waals surface area contributed by atoms with E-state index in [0.29, 0.717) is 0 Å². The largest absolute Gasteiger partial charge is 0.457 e. The van der Waals surface area contributed by atoms with Crippen molar-refractivity contribution < 1.29 is 23.2 Å². The summed E-state index contributed by atoms with van der Waals surface area (Å²) >= 11 is 0. The van der Waals surface area contributed by atoms with E-state index in [1.54, 1.807) is 7.11 Å². The van der Waals surface area contributed by atoms with Crippen LogP contribution in [0.3, 0.4) is 0 Å². The molecule has 0 amide bonds. The molecule has 0 radical (unpaired) electrons. The number of carbonyl (C=O) groups is 1. The third kappa shape index (κ3) is 26.3. The molecule has 1 unspecified atom stereocenters. The molecule has 0 aromatic carbocycles. The van der Waals surface area contributed by atoms with Crippen LogP contribution in [0.5, 0.6) is 0 Å². The van der Waals surface area contributed by atoms with Crippen molar-refractivity contribution in [3.8, 4) is 0 Å². The van der Waals surface area contributed by atoms with Gasteiger partial charge in [-0.05, 0) is 6.92 Å². The lowest BCUT2D eigenvalue weighted by Gasteiger charge is -2.26. The first-order valence-corrected chi connectivity index (χ1v) is 6.64. The van der Waals surface area contributed by atoms with Gasteiger partial charge in [-0.3, -0.25) is 4.79 Å². The summed E-state index contributed by atoms with van der Waals surface area (Å²) in [6, 6.07) is 0. The van der Waals surface area contributed by atoms with Crippen molar-refractivity contribution in [2.75, 3.05) is 69.1 Å². The third-order valence-corrected chi connectivity index (χ3v) is 2.14. The monoisotopic (exact) mass is 314 g/mol. The van der Waals surface area contributed by atoms with Crippen molar-refractivity contribution >= 4 is 18.4 Å². The second-order valence-corrected chi connectivity index (χ2v) is 6.90. The quantitative estimate of drug-likeness (QED) is 0.549. The summed E-state index contributed by atoms with van der Waals surface area (Å²) < 4.78 is 11.7. The van der Waals surface area contributed by atoms with Crippen LogP contribution < -0.4 is 0 Å². The highest BCUT2D eigenvalue weighted by Crippen LogP contribution is 1.98. The van der Waals surface area contributed by atoms with Gasteiger partial charge in [-0.25, -0.2) is 0 Å². The van der Waals surface area contributed by atoms with Crippen LogP contribution in [0.1, 0.15) is 13.8 Å². The van der Waals surface area contributed by atoms with Crippen LogP contribution in [0.2, 0.25) is 0 Å². The number of carbonyl (C=O) groups excluding carboxylic acids is 1. The Labute approximate surface area is 131 Å². The molecular weight excluding hydrogens is 280 g/mol. The molecule has 20 heavy (non-hydrogen) atoms. The number of methoxy groups -OCH3 is 1. The Kier molecular flexibility index (Phi) is 13.9. The van der Waals surface area contributed by atoms with Crippen LogP contribution in [-0.4, -0.2) is 90.1 Å². The average molecular weight is 315 g/mol. The van der Waals surface area contributed by atoms with Crippen LogP contribution in [0, 0.1) is 0 Å². The molecule has 0 N–H and O–H groups in total. The highest BCUT2D eigenvalue weighted by Gasteiger charge is 2.15. The smallest absolute Gasteiger partial charge is 0.303 e. The normalized spacial score (nSPS) is 12.7. The second kappa shape index (κ2) is 11.3. The molecule has 0 heterocycles. The van der Waals surface area contributed by atoms with Gasteiger partial charge in [0.05, 0.1) is 48.9 Å². The fraction of sp³-hybridized carbons (Fsp3) is 0.929. The number of rotatable bonds is 6. The molecule has 0 aliphatic heterocycles. The highest BCUT2D eigenvalue weighted by atomic mass is 35.5. The zero-order valence-electron chi connectivity index (χ0n) is 14.7. The van der Waals surface area contributed by atoms with Crippen molar-refractivity contribution in [2.45, 2.75) is 20.0 Å². The van der Waals surface area contributed by atoms with Crippen molar-refractivity contribution in [1.82, 2.24) is 0 Å². The van der Waals surface area contributed by atoms with E-state index in [9.17, 15) is 4.79 Å². The van der Waals surface area contributed by atoms with Gasteiger partial charge in [-0.1, -0.05) is 0 Å². The zero-order chi connectivity index (χ0) is 15.7. The Morgan fingerprint density at radius 2 is 1.50 bits per heavy atom. The Morgan fingerprint density at radius 1 is 1.05 bits per heavy atom. The van der Waals surface area contributed by atoms with E-state index >= 15 is 0 Å². The minimum atomic E-state index is -0.203. The molecule has 0 aromatic rings. The van der Waals surface area contributed by atoms with E-state index in [1.165, 1.54) is 6.92 Å². The maximum absolute atomic E-state index is 10.5. The van der Waals surface area contributed by atoms with Crippen molar-refractivity contribution in [2.24, 2.45) is 0 Å². The number of hydrogen-bond donors (Lipinski definition) is 0. The summed E-state index contributed by atoms with van der Waals surface area (Å²) in [5, 5.41) is 0. The summed E-state index contributed by atoms with van der Waals surface area (Å²) in [6.07, 6.45) is 0.00694. The van der Waals surface area contributed by atoms with E-state index < -0.39 is 0 Å². The topological polar surface area (TPSA) is 35.5 Å². The van der Waals surface area contributed by atoms with Gasteiger partial charge < -0.3 is 18.4 Å². The Balaban J connectivity index is -0.000000288. The molecule has 0 fully saturated rings. The van der Waals surface area contributed by atoms with Gasteiger partial charge in [0.15, 0.2) is 0 Å². The third-order valence-electron chi connectivity index (χ3n) is 2.14. The van der Waals surface area contributed by atoms with Gasteiger partial charge in [-0.15, -0.1) is 12.4 Å². The van der Waals surface area contributed by atoms with Gasteiger partial charge in [0.2, 0.25) is 0 Å². The average Bonchev–Trinajstić information content (AvgIpc) is 2.09. The molecule has 0 aliphatic carbocycles. The standard InChI is InChI=1S/C8H18NO2.C6H16NO.ClH/c1-7(11-8(2)10)6-9(3,4)5;1-7(2,3)5-6-8-4;/h7H,6H2,1-5H3;5-6H2,1-4H3;1H/q2*+1;. The summed E-state index contributed by atoms with van der Waals surface area (Å²) in [7, 11) is 14.4. The number of halogens is 1. The van der Waals surface area contributed by atoms with Gasteiger partial charge in [0, 0.05) is 14.0 Å². The number of nitrogens with zero attached hydrogens (tertiary/aromatic N) is 2. The fourth-order valence-electron chi connectivity index (χ4n) is 1.46. The molecule has 124 valence electrons. The maximum Gasteiger partial charge on any atom is 0.303 e. The summed E-state index contributed by atoms with van der Waals surface area (Å²) in [6.45, 7) is 6.12. The lowest BCUT2D eigenvalue weighted by Crippen LogP contribution is -2.41. The van der Waals surface area contributed by atoms with E-state index in [0.717, 1.165) is 28.7 Å². The molecular formula is C14H35ClN2O3+2. The van der Waals surface area contributed by atoms with Gasteiger partial charge in [-0.2, -0.15) is 0 Å². The molecule has 0 rings (SSSR count). The Hall–Kier alpha value is -0.360. The zero-order valence-corrected chi connectivity index (χ0v) is 15.5. The van der Waals surface area contributed by atoms with E-state index in [1.807, 2.05) is 6.92 Å². The Morgan fingerprint density at radius 3 is 1.70 bits per heavy atom. The predicted molar refractivity (Wildman–Crippen MR) is 86.2 cm³/mol. The lowest BCUT2D eigenvalue weighted by atomic mass is 10.3. The summed E-state index contributed by atoms with van der Waals surface area (Å²) in [4.78, 5) is 10.5. The van der Waals surface area contributed by atoms with Gasteiger partial charge in [0.1, 0.15) is 19.2 Å². The van der Waals surface area contributed by atoms with Crippen molar-refractivity contribution in [3.63, 3.8) is 0 Å². The first-order valence-electron chi connectivity index (χ1n) is 6.64. The molecule has 0 saturated carbocycles. The number of esters is 1. The molecule has 0 spiro atoms. The molecule has 1 atom stereocenters. The first kappa shape index (κ1) is 24.6. The molecule has 6 heteroatoms. The van der Waals surface area contributed by atoms with Gasteiger partial charge >= 0.3 is 5.97 Å². The summed E-state index contributed by atoms with van der Waals surface area (Å²) in [5.74, 6) is -0.203. The van der Waals surface area contributed by atoms with E-state index in [-0.39, 0.29) is 24.5 Å². The van der Waals surface area contributed by atoms with Crippen molar-refractivity contribution in [1.29, 1.82) is 0 Å². The van der Waals surface area contributed by atoms with Gasteiger partial charge in [0.25, 0.3) is 0 Å². The number of quaternary nitrogens is 2. The number of hydrogen-bond acceptors (Lipinski definition) is 3. The van der Waals surface area contributed by atoms with E-state index in [4.69, 9.17) is 9.47 Å². The first-order chi connectivity index (χ1) is 8.37. The fourth-order valence-corrected chi connectivity index (χ4v) is 1.46. The predicted octanol–water partition coefficient (Wildman–Crippen LogP) is 1.41. The van der Waals surface area contributed by atoms with Crippen molar-refractivity contribution in [3.05, 3.63) is 0 Å². The number of ether oxygens (including phenoxy) is 2. The molecule has 0 saturated heterocycles. The van der Waals surface area contributed by atoms with Crippen LogP contribution in [-0.2, 0) is 14.3 Å². The SMILES string of the molecule is CC(=O)OC(C)C[N+](C)(C)C.COCC[N+](C)(C)C.Cl. The van der Waals surface area contributed by atoms with Crippen LogP contribution in [0.25, 0.3) is 0 Å². The second-order valence-electron chi connectivity index (χ2n) is 6.90. The molecule has 0 bridgehead atoms. The van der Waals surface area contributed by atoms with Crippen LogP contribution in [0.15, 0.2) is 0 Å².